The van der Waals surface area contributed by atoms with Crippen LogP contribution in [0.4, 0.5) is 17.1 Å². The molecule has 3 aromatic carbocycles. The molecule has 2 N–H and O–H groups in total. The molecule has 0 amide bonds. The first kappa shape index (κ1) is 20.8. The average molecular weight is 441 g/mol. The van der Waals surface area contributed by atoms with Crippen molar-refractivity contribution in [3.63, 3.8) is 0 Å². The van der Waals surface area contributed by atoms with Crippen molar-refractivity contribution in [2.45, 2.75) is 24.8 Å². The van der Waals surface area contributed by atoms with Crippen LogP contribution >= 0.6 is 0 Å². The second-order valence-corrected chi connectivity index (χ2v) is 8.26. The minimum Gasteiger partial charge on any atom is -0.497 e. The van der Waals surface area contributed by atoms with Crippen molar-refractivity contribution in [3.05, 3.63) is 105 Å². The highest BCUT2D eigenvalue weighted by Gasteiger charge is 2.38. The zero-order valence-electron chi connectivity index (χ0n) is 18.1. The Balaban J connectivity index is 1.62. The van der Waals surface area contributed by atoms with E-state index in [1.165, 1.54) is 6.07 Å². The fourth-order valence-electron chi connectivity index (χ4n) is 4.74. The number of fused-ring (bicyclic) bond motifs is 1. The van der Waals surface area contributed by atoms with Crippen molar-refractivity contribution in [2.24, 2.45) is 0 Å². The molecule has 1 aliphatic carbocycles. The van der Waals surface area contributed by atoms with Crippen LogP contribution < -0.4 is 15.4 Å². The van der Waals surface area contributed by atoms with Gasteiger partial charge < -0.3 is 15.4 Å². The van der Waals surface area contributed by atoms with Crippen LogP contribution in [0, 0.1) is 10.1 Å². The molecule has 7 nitrogen and oxygen atoms in total. The number of anilines is 2. The van der Waals surface area contributed by atoms with Crippen molar-refractivity contribution < 1.29 is 14.5 Å². The van der Waals surface area contributed by atoms with Crippen LogP contribution in [0.25, 0.3) is 0 Å². The maximum atomic E-state index is 13.6. The molecule has 1 aliphatic heterocycles. The second-order valence-electron chi connectivity index (χ2n) is 8.26. The van der Waals surface area contributed by atoms with Crippen LogP contribution in [0.5, 0.6) is 5.75 Å². The number of benzene rings is 3. The molecule has 0 aromatic heterocycles. The van der Waals surface area contributed by atoms with Crippen LogP contribution in [0.3, 0.4) is 0 Å². The van der Waals surface area contributed by atoms with Crippen LogP contribution in [0.1, 0.15) is 35.9 Å². The largest absolute Gasteiger partial charge is 0.497 e. The summed E-state index contributed by atoms with van der Waals surface area (Å²) in [6.45, 7) is 0. The summed E-state index contributed by atoms with van der Waals surface area (Å²) in [5, 5.41) is 18.7. The first-order chi connectivity index (χ1) is 16.0. The predicted molar refractivity (Wildman–Crippen MR) is 127 cm³/mol. The maximum Gasteiger partial charge on any atom is 0.275 e. The van der Waals surface area contributed by atoms with Crippen LogP contribution in [-0.4, -0.2) is 17.8 Å². The Morgan fingerprint density at radius 2 is 1.64 bits per heavy atom. The van der Waals surface area contributed by atoms with Gasteiger partial charge in [0.15, 0.2) is 5.78 Å². The van der Waals surface area contributed by atoms with E-state index in [0.29, 0.717) is 24.0 Å². The Kier molecular flexibility index (Phi) is 5.30. The topological polar surface area (TPSA) is 93.5 Å². The molecule has 33 heavy (non-hydrogen) atoms. The van der Waals surface area contributed by atoms with Gasteiger partial charge in [-0.05, 0) is 48.2 Å². The number of hydrogen-bond donors (Lipinski definition) is 2. The molecule has 2 atom stereocenters. The molecule has 2 unspecified atom stereocenters. The minimum absolute atomic E-state index is 0.00586. The van der Waals surface area contributed by atoms with Crippen LogP contribution in [0.15, 0.2) is 84.1 Å². The van der Waals surface area contributed by atoms with Gasteiger partial charge in [0.25, 0.3) is 5.69 Å². The quantitative estimate of drug-likeness (QED) is 0.405. The van der Waals surface area contributed by atoms with Gasteiger partial charge >= 0.3 is 0 Å². The lowest BCUT2D eigenvalue weighted by atomic mass is 9.78. The molecule has 0 saturated carbocycles. The molecular formula is C26H23N3O4. The fraction of sp³-hybridized carbons (Fsp3) is 0.192. The van der Waals surface area contributed by atoms with Gasteiger partial charge in [-0.3, -0.25) is 14.9 Å². The van der Waals surface area contributed by atoms with Gasteiger partial charge in [-0.1, -0.05) is 36.4 Å². The number of Topliss-reactive ketones (excluding diaryl/α,β-unsaturated/α-hetero) is 1. The SMILES string of the molecule is COc1ccc(C2CC(=O)C3=C(C2)Nc2ccccc2NC3c2ccccc2[N+](=O)[O-])cc1. The molecule has 0 bridgehead atoms. The summed E-state index contributed by atoms with van der Waals surface area (Å²) in [7, 11) is 1.62. The molecule has 2 aliphatic rings. The highest BCUT2D eigenvalue weighted by molar-refractivity contribution is 6.01. The molecule has 0 radical (unpaired) electrons. The second kappa shape index (κ2) is 8.43. The third kappa shape index (κ3) is 3.82. The molecule has 7 heteroatoms. The summed E-state index contributed by atoms with van der Waals surface area (Å²) in [4.78, 5) is 25.0. The monoisotopic (exact) mass is 441 g/mol. The lowest BCUT2D eigenvalue weighted by Gasteiger charge is -2.29. The van der Waals surface area contributed by atoms with Crippen molar-refractivity contribution in [1.82, 2.24) is 0 Å². The number of rotatable bonds is 4. The zero-order chi connectivity index (χ0) is 22.9. The Morgan fingerprint density at radius 1 is 0.939 bits per heavy atom. The van der Waals surface area contributed by atoms with Gasteiger partial charge in [0.05, 0.1) is 35.0 Å². The van der Waals surface area contributed by atoms with Gasteiger partial charge in [-0.15, -0.1) is 0 Å². The molecule has 1 heterocycles. The normalized spacial score (nSPS) is 19.5. The molecular weight excluding hydrogens is 418 g/mol. The number of nitro groups is 1. The van der Waals surface area contributed by atoms with Gasteiger partial charge in [0.1, 0.15) is 5.75 Å². The average Bonchev–Trinajstić information content (AvgIpc) is 3.01. The standard InChI is InChI=1S/C26H23N3O4/c1-33-18-12-10-16(11-13-18)17-14-22-25(24(30)15-17)26(19-6-2-5-9-23(19)29(31)32)28-21-8-4-3-7-20(21)27-22/h2-13,17,26-28H,14-15H2,1H3. The summed E-state index contributed by atoms with van der Waals surface area (Å²) in [6.07, 6.45) is 0.961. The molecule has 3 aromatic rings. The number of carbonyl (C=O) groups excluding carboxylic acids is 1. The van der Waals surface area contributed by atoms with E-state index in [9.17, 15) is 14.9 Å². The first-order valence-electron chi connectivity index (χ1n) is 10.8. The van der Waals surface area contributed by atoms with Gasteiger partial charge in [-0.2, -0.15) is 0 Å². The van der Waals surface area contributed by atoms with Crippen molar-refractivity contribution in [2.75, 3.05) is 17.7 Å². The molecule has 0 spiro atoms. The molecule has 5 rings (SSSR count). The number of para-hydroxylation sites is 3. The maximum absolute atomic E-state index is 13.6. The Labute approximate surface area is 191 Å². The van der Waals surface area contributed by atoms with Crippen molar-refractivity contribution in [1.29, 1.82) is 0 Å². The number of nitro benzene ring substituents is 1. The number of hydrogen-bond acceptors (Lipinski definition) is 6. The third-order valence-corrected chi connectivity index (χ3v) is 6.34. The van der Waals surface area contributed by atoms with E-state index in [-0.39, 0.29) is 17.4 Å². The number of ketones is 1. The zero-order valence-corrected chi connectivity index (χ0v) is 18.1. The summed E-state index contributed by atoms with van der Waals surface area (Å²) in [5.74, 6) is 0.752. The summed E-state index contributed by atoms with van der Waals surface area (Å²) < 4.78 is 5.26. The number of methoxy groups -OCH3 is 1. The summed E-state index contributed by atoms with van der Waals surface area (Å²) in [5.41, 5.74) is 4.53. The van der Waals surface area contributed by atoms with Crippen molar-refractivity contribution >= 4 is 22.8 Å². The van der Waals surface area contributed by atoms with Gasteiger partial charge in [-0.25, -0.2) is 0 Å². The van der Waals surface area contributed by atoms with E-state index in [4.69, 9.17) is 4.74 Å². The number of allylic oxidation sites excluding steroid dienone is 1. The van der Waals surface area contributed by atoms with E-state index in [2.05, 4.69) is 10.6 Å². The highest BCUT2D eigenvalue weighted by atomic mass is 16.6. The third-order valence-electron chi connectivity index (χ3n) is 6.34. The number of ether oxygens (including phenoxy) is 1. The summed E-state index contributed by atoms with van der Waals surface area (Å²) in [6, 6.07) is 21.4. The van der Waals surface area contributed by atoms with Gasteiger partial charge in [0.2, 0.25) is 0 Å². The highest BCUT2D eigenvalue weighted by Crippen LogP contribution is 2.45. The fourth-order valence-corrected chi connectivity index (χ4v) is 4.74. The Morgan fingerprint density at radius 3 is 2.36 bits per heavy atom. The Hall–Kier alpha value is -4.13. The predicted octanol–water partition coefficient (Wildman–Crippen LogP) is 5.58. The van der Waals surface area contributed by atoms with E-state index in [0.717, 1.165) is 28.4 Å². The van der Waals surface area contributed by atoms with Gasteiger partial charge in [0, 0.05) is 23.8 Å². The van der Waals surface area contributed by atoms with Crippen LogP contribution in [-0.2, 0) is 4.79 Å². The van der Waals surface area contributed by atoms with E-state index in [1.807, 2.05) is 48.5 Å². The number of nitrogens with one attached hydrogen (secondary N) is 2. The lowest BCUT2D eigenvalue weighted by Crippen LogP contribution is -2.27. The molecule has 0 fully saturated rings. The lowest BCUT2D eigenvalue weighted by molar-refractivity contribution is -0.385. The Bertz CT molecular complexity index is 1270. The number of nitrogens with zero attached hydrogens (tertiary/aromatic N) is 1. The van der Waals surface area contributed by atoms with Crippen LogP contribution in [0.2, 0.25) is 0 Å². The smallest absolute Gasteiger partial charge is 0.275 e. The molecule has 166 valence electrons. The van der Waals surface area contributed by atoms with E-state index >= 15 is 0 Å². The molecule has 0 saturated heterocycles. The van der Waals surface area contributed by atoms with Crippen molar-refractivity contribution in [3.8, 4) is 5.75 Å². The summed E-state index contributed by atoms with van der Waals surface area (Å²) >= 11 is 0. The van der Waals surface area contributed by atoms with E-state index < -0.39 is 11.0 Å². The first-order valence-corrected chi connectivity index (χ1v) is 10.8. The van der Waals surface area contributed by atoms with E-state index in [1.54, 1.807) is 25.3 Å². The number of carbonyl (C=O) groups is 1. The minimum atomic E-state index is -0.623.